The molecule has 0 saturated heterocycles. The molecule has 2 rings (SSSR count). The summed E-state index contributed by atoms with van der Waals surface area (Å²) in [7, 11) is 3.41. The van der Waals surface area contributed by atoms with E-state index in [9.17, 15) is 4.79 Å². The van der Waals surface area contributed by atoms with Crippen LogP contribution in [0.2, 0.25) is 0 Å². The molecular formula is C22H32O3. The molecule has 0 bridgehead atoms. The van der Waals surface area contributed by atoms with E-state index < -0.39 is 0 Å². The Hall–Kier alpha value is -1.77. The summed E-state index contributed by atoms with van der Waals surface area (Å²) in [5.41, 5.74) is 3.59. The van der Waals surface area contributed by atoms with E-state index in [0.717, 1.165) is 36.3 Å². The number of ether oxygens (including phenoxy) is 2. The van der Waals surface area contributed by atoms with E-state index in [4.69, 9.17) is 9.47 Å². The fourth-order valence-electron chi connectivity index (χ4n) is 3.85. The highest BCUT2D eigenvalue weighted by molar-refractivity contribution is 5.80. The summed E-state index contributed by atoms with van der Waals surface area (Å²) in [4.78, 5) is 12.2. The normalized spacial score (nSPS) is 20.1. The molecule has 1 aromatic carbocycles. The number of hydrogen-bond acceptors (Lipinski definition) is 3. The van der Waals surface area contributed by atoms with E-state index in [0.29, 0.717) is 0 Å². The van der Waals surface area contributed by atoms with Crippen LogP contribution in [0.15, 0.2) is 23.8 Å². The summed E-state index contributed by atoms with van der Waals surface area (Å²) < 4.78 is 11.5. The average Bonchev–Trinajstić information content (AvgIpc) is 2.60. The Bertz CT molecular complexity index is 605. The van der Waals surface area contributed by atoms with Crippen molar-refractivity contribution in [3.63, 3.8) is 0 Å². The molecule has 0 aliphatic heterocycles. The molecule has 1 aromatic rings. The molecule has 0 radical (unpaired) electrons. The zero-order chi connectivity index (χ0) is 18.4. The van der Waals surface area contributed by atoms with Crippen LogP contribution in [-0.2, 0) is 11.2 Å². The van der Waals surface area contributed by atoms with Gasteiger partial charge in [-0.05, 0) is 57.2 Å². The smallest absolute Gasteiger partial charge is 0.133 e. The van der Waals surface area contributed by atoms with Gasteiger partial charge >= 0.3 is 0 Å². The predicted octanol–water partition coefficient (Wildman–Crippen LogP) is 5.47. The van der Waals surface area contributed by atoms with Crippen molar-refractivity contribution in [2.24, 2.45) is 5.92 Å². The number of benzene rings is 1. The molecule has 0 fully saturated rings. The second-order valence-electron chi connectivity index (χ2n) is 7.17. The van der Waals surface area contributed by atoms with Gasteiger partial charge in [-0.2, -0.15) is 0 Å². The van der Waals surface area contributed by atoms with Crippen LogP contribution in [0.25, 0.3) is 0 Å². The highest BCUT2D eigenvalue weighted by Gasteiger charge is 2.33. The van der Waals surface area contributed by atoms with E-state index in [1.165, 1.54) is 30.4 Å². The van der Waals surface area contributed by atoms with Crippen molar-refractivity contribution in [3.8, 4) is 11.5 Å². The minimum absolute atomic E-state index is 0.00237. The molecule has 0 spiro atoms. The van der Waals surface area contributed by atoms with Crippen LogP contribution in [0.4, 0.5) is 0 Å². The molecule has 0 N–H and O–H groups in total. The lowest BCUT2D eigenvalue weighted by Crippen LogP contribution is -2.23. The van der Waals surface area contributed by atoms with Crippen molar-refractivity contribution >= 4 is 5.78 Å². The quantitative estimate of drug-likeness (QED) is 0.464. The molecule has 0 heterocycles. The average molecular weight is 344 g/mol. The molecule has 3 nitrogen and oxygen atoms in total. The minimum Gasteiger partial charge on any atom is -0.496 e. The molecule has 0 saturated carbocycles. The number of methoxy groups -OCH3 is 2. The summed E-state index contributed by atoms with van der Waals surface area (Å²) in [6.07, 6.45) is 8.74. The van der Waals surface area contributed by atoms with E-state index in [1.54, 1.807) is 21.1 Å². The van der Waals surface area contributed by atoms with E-state index in [2.05, 4.69) is 32.1 Å². The third kappa shape index (κ3) is 4.65. The zero-order valence-corrected chi connectivity index (χ0v) is 16.4. The molecule has 3 heteroatoms. The summed E-state index contributed by atoms with van der Waals surface area (Å²) in [6.45, 7) is 6.05. The second kappa shape index (κ2) is 9.07. The number of unbranched alkanes of at least 4 members (excludes halogenated alkanes) is 2. The van der Waals surface area contributed by atoms with Gasteiger partial charge in [0.05, 0.1) is 14.2 Å². The van der Waals surface area contributed by atoms with Crippen LogP contribution in [0, 0.1) is 5.92 Å². The Kier molecular flexibility index (Phi) is 7.10. The van der Waals surface area contributed by atoms with Gasteiger partial charge in [-0.3, -0.25) is 4.79 Å². The number of rotatable bonds is 8. The SMILES string of the molecule is CCCCCc1cc(OC)c([C@H]2C=C(C)CCC2C(C)=O)c(OC)c1. The Morgan fingerprint density at radius 3 is 2.32 bits per heavy atom. The van der Waals surface area contributed by atoms with Gasteiger partial charge in [-0.15, -0.1) is 0 Å². The van der Waals surface area contributed by atoms with Gasteiger partial charge in [-0.1, -0.05) is 31.4 Å². The second-order valence-corrected chi connectivity index (χ2v) is 7.17. The first-order valence-electron chi connectivity index (χ1n) is 9.44. The molecule has 138 valence electrons. The number of hydrogen-bond donors (Lipinski definition) is 0. The van der Waals surface area contributed by atoms with Crippen molar-refractivity contribution in [1.82, 2.24) is 0 Å². The number of allylic oxidation sites excluding steroid dienone is 2. The Morgan fingerprint density at radius 1 is 1.16 bits per heavy atom. The maximum atomic E-state index is 12.2. The molecule has 1 unspecified atom stereocenters. The summed E-state index contributed by atoms with van der Waals surface area (Å²) >= 11 is 0. The van der Waals surface area contributed by atoms with E-state index in [1.807, 2.05) is 0 Å². The van der Waals surface area contributed by atoms with Gasteiger partial charge in [0.2, 0.25) is 0 Å². The summed E-state index contributed by atoms with van der Waals surface area (Å²) in [5, 5.41) is 0. The van der Waals surface area contributed by atoms with Crippen LogP contribution >= 0.6 is 0 Å². The predicted molar refractivity (Wildman–Crippen MR) is 103 cm³/mol. The van der Waals surface area contributed by atoms with Crippen LogP contribution in [0.1, 0.15) is 69.9 Å². The first-order chi connectivity index (χ1) is 12.0. The number of carbonyl (C=O) groups excluding carboxylic acids is 1. The van der Waals surface area contributed by atoms with Gasteiger partial charge in [-0.25, -0.2) is 0 Å². The van der Waals surface area contributed by atoms with Crippen molar-refractivity contribution in [3.05, 3.63) is 34.9 Å². The lowest BCUT2D eigenvalue weighted by molar-refractivity contribution is -0.121. The molecule has 1 aliphatic carbocycles. The third-order valence-electron chi connectivity index (χ3n) is 5.28. The van der Waals surface area contributed by atoms with Crippen molar-refractivity contribution in [2.45, 2.75) is 65.2 Å². The van der Waals surface area contributed by atoms with Crippen LogP contribution < -0.4 is 9.47 Å². The van der Waals surface area contributed by atoms with Crippen LogP contribution in [0.5, 0.6) is 11.5 Å². The van der Waals surface area contributed by atoms with Gasteiger partial charge in [0.1, 0.15) is 17.3 Å². The standard InChI is InChI=1S/C22H32O3/c1-6-7-8-9-17-13-20(24-4)22(21(14-17)25-5)19-12-15(2)10-11-18(19)16(3)23/h12-14,18-19H,6-11H2,1-5H3/t18?,19-/m0/s1. The van der Waals surface area contributed by atoms with Gasteiger partial charge < -0.3 is 9.47 Å². The van der Waals surface area contributed by atoms with Crippen molar-refractivity contribution in [1.29, 1.82) is 0 Å². The topological polar surface area (TPSA) is 35.5 Å². The van der Waals surface area contributed by atoms with Gasteiger partial charge in [0.15, 0.2) is 0 Å². The third-order valence-corrected chi connectivity index (χ3v) is 5.28. The first kappa shape index (κ1) is 19.6. The van der Waals surface area contributed by atoms with Crippen LogP contribution in [0.3, 0.4) is 0 Å². The van der Waals surface area contributed by atoms with Gasteiger partial charge in [0, 0.05) is 17.4 Å². The number of Topliss-reactive ketones (excluding diaryl/α,β-unsaturated/α-hetero) is 1. The highest BCUT2D eigenvalue weighted by Crippen LogP contribution is 2.45. The summed E-state index contributed by atoms with van der Waals surface area (Å²) in [5.74, 6) is 1.95. The zero-order valence-electron chi connectivity index (χ0n) is 16.4. The van der Waals surface area contributed by atoms with E-state index in [-0.39, 0.29) is 17.6 Å². The fourth-order valence-corrected chi connectivity index (χ4v) is 3.85. The molecular weight excluding hydrogens is 312 g/mol. The number of aryl methyl sites for hydroxylation is 1. The van der Waals surface area contributed by atoms with Crippen molar-refractivity contribution in [2.75, 3.05) is 14.2 Å². The maximum absolute atomic E-state index is 12.2. The minimum atomic E-state index is -0.00237. The number of carbonyl (C=O) groups is 1. The monoisotopic (exact) mass is 344 g/mol. The van der Waals surface area contributed by atoms with Crippen LogP contribution in [-0.4, -0.2) is 20.0 Å². The lowest BCUT2D eigenvalue weighted by Gasteiger charge is -2.30. The molecule has 25 heavy (non-hydrogen) atoms. The highest BCUT2D eigenvalue weighted by atomic mass is 16.5. The van der Waals surface area contributed by atoms with Crippen molar-refractivity contribution < 1.29 is 14.3 Å². The molecule has 0 aromatic heterocycles. The molecule has 0 amide bonds. The maximum Gasteiger partial charge on any atom is 0.133 e. The Labute approximate surface area is 152 Å². The number of ketones is 1. The lowest BCUT2D eigenvalue weighted by atomic mass is 9.74. The summed E-state index contributed by atoms with van der Waals surface area (Å²) in [6, 6.07) is 4.25. The largest absolute Gasteiger partial charge is 0.496 e. The molecule has 1 aliphatic rings. The van der Waals surface area contributed by atoms with Gasteiger partial charge in [0.25, 0.3) is 0 Å². The first-order valence-corrected chi connectivity index (χ1v) is 9.44. The Balaban J connectivity index is 2.47. The fraction of sp³-hybridized carbons (Fsp3) is 0.591. The molecule has 2 atom stereocenters. The van der Waals surface area contributed by atoms with E-state index >= 15 is 0 Å². The Morgan fingerprint density at radius 2 is 1.80 bits per heavy atom.